The summed E-state index contributed by atoms with van der Waals surface area (Å²) < 4.78 is 13.4. The van der Waals surface area contributed by atoms with E-state index < -0.39 is 0 Å². The first kappa shape index (κ1) is 19.8. The maximum Gasteiger partial charge on any atom is 0.216 e. The van der Waals surface area contributed by atoms with E-state index in [9.17, 15) is 0 Å². The summed E-state index contributed by atoms with van der Waals surface area (Å²) in [6.07, 6.45) is 1.69. The van der Waals surface area contributed by atoms with Crippen molar-refractivity contribution in [2.24, 2.45) is 5.10 Å². The van der Waals surface area contributed by atoms with E-state index in [0.29, 0.717) is 16.5 Å². The lowest BCUT2D eigenvalue weighted by atomic mass is 10.0. The summed E-state index contributed by atoms with van der Waals surface area (Å²) in [5.41, 5.74) is 3.15. The molecule has 6 nitrogen and oxygen atoms in total. The summed E-state index contributed by atoms with van der Waals surface area (Å²) in [5.74, 6) is 2.54. The van der Waals surface area contributed by atoms with Crippen LogP contribution in [0.25, 0.3) is 0 Å². The van der Waals surface area contributed by atoms with Crippen molar-refractivity contribution in [3.05, 3.63) is 69.8 Å². The van der Waals surface area contributed by atoms with E-state index in [2.05, 4.69) is 41.3 Å². The summed E-state index contributed by atoms with van der Waals surface area (Å²) in [4.78, 5) is 0. The highest BCUT2D eigenvalue weighted by Crippen LogP contribution is 2.28. The molecule has 0 radical (unpaired) electrons. The predicted octanol–water partition coefficient (Wildman–Crippen LogP) is 4.84. The van der Waals surface area contributed by atoms with Crippen LogP contribution in [0.1, 0.15) is 42.3 Å². The molecule has 1 N–H and O–H groups in total. The lowest BCUT2D eigenvalue weighted by Gasteiger charge is -2.14. The van der Waals surface area contributed by atoms with E-state index in [1.54, 1.807) is 18.0 Å². The van der Waals surface area contributed by atoms with Gasteiger partial charge >= 0.3 is 0 Å². The number of hydrogen-bond acceptors (Lipinski definition) is 5. The Morgan fingerprint density at radius 3 is 2.75 bits per heavy atom. The zero-order valence-corrected chi connectivity index (χ0v) is 17.3. The van der Waals surface area contributed by atoms with Crippen LogP contribution in [0.5, 0.6) is 11.5 Å². The van der Waals surface area contributed by atoms with Crippen molar-refractivity contribution in [2.75, 3.05) is 7.11 Å². The van der Waals surface area contributed by atoms with Crippen LogP contribution in [0.3, 0.4) is 0 Å². The minimum Gasteiger partial charge on any atom is -0.496 e. The fourth-order valence-corrected chi connectivity index (χ4v) is 3.01. The van der Waals surface area contributed by atoms with Gasteiger partial charge in [0.25, 0.3) is 0 Å². The molecule has 28 heavy (non-hydrogen) atoms. The third-order valence-corrected chi connectivity index (χ3v) is 4.58. The highest BCUT2D eigenvalue weighted by molar-refractivity contribution is 7.71. The number of aromatic nitrogens is 3. The number of nitrogens with one attached hydrogen (secondary N) is 1. The molecule has 0 aliphatic heterocycles. The molecule has 0 saturated heterocycles. The topological polar surface area (TPSA) is 64.4 Å². The van der Waals surface area contributed by atoms with E-state index in [0.717, 1.165) is 28.2 Å². The van der Waals surface area contributed by atoms with Crippen molar-refractivity contribution in [2.45, 2.75) is 33.3 Å². The summed E-state index contributed by atoms with van der Waals surface area (Å²) in [6, 6.07) is 13.9. The van der Waals surface area contributed by atoms with Crippen molar-refractivity contribution in [1.82, 2.24) is 14.9 Å². The van der Waals surface area contributed by atoms with Crippen molar-refractivity contribution in [3.63, 3.8) is 0 Å². The van der Waals surface area contributed by atoms with Crippen LogP contribution in [-0.2, 0) is 6.61 Å². The minimum absolute atomic E-state index is 0.250. The molecule has 146 valence electrons. The molecule has 3 aromatic rings. The van der Waals surface area contributed by atoms with Gasteiger partial charge in [0.15, 0.2) is 5.82 Å². The number of benzene rings is 2. The number of nitrogens with zero attached hydrogens (tertiary/aromatic N) is 3. The molecule has 0 atom stereocenters. The van der Waals surface area contributed by atoms with E-state index in [-0.39, 0.29) is 6.61 Å². The molecule has 0 aliphatic carbocycles. The number of hydrogen-bond donors (Lipinski definition) is 1. The van der Waals surface area contributed by atoms with E-state index in [1.165, 1.54) is 0 Å². The number of H-pyrrole nitrogens is 1. The maximum absolute atomic E-state index is 6.07. The van der Waals surface area contributed by atoms with Crippen molar-refractivity contribution < 1.29 is 9.47 Å². The highest BCUT2D eigenvalue weighted by atomic mass is 32.1. The Kier molecular flexibility index (Phi) is 6.26. The van der Waals surface area contributed by atoms with Gasteiger partial charge in [0.1, 0.15) is 18.1 Å². The molecule has 0 amide bonds. The Hall–Kier alpha value is -2.93. The Labute approximate surface area is 169 Å². The molecule has 0 spiro atoms. The Morgan fingerprint density at radius 2 is 2.00 bits per heavy atom. The molecule has 2 aromatic carbocycles. The fraction of sp³-hybridized carbons (Fsp3) is 0.286. The number of aryl methyl sites for hydroxylation is 1. The minimum atomic E-state index is 0.250. The first-order valence-corrected chi connectivity index (χ1v) is 9.47. The third-order valence-electron chi connectivity index (χ3n) is 4.32. The average Bonchev–Trinajstić information content (AvgIpc) is 3.04. The number of aromatic amines is 1. The van der Waals surface area contributed by atoms with Gasteiger partial charge in [-0.3, -0.25) is 0 Å². The molecule has 0 saturated carbocycles. The molecule has 0 aliphatic rings. The molecule has 1 aromatic heterocycles. The van der Waals surface area contributed by atoms with Crippen LogP contribution in [0, 0.1) is 11.7 Å². The number of methoxy groups -OCH3 is 1. The van der Waals surface area contributed by atoms with Gasteiger partial charge in [-0.25, -0.2) is 5.10 Å². The van der Waals surface area contributed by atoms with Gasteiger partial charge in [-0.05, 0) is 54.4 Å². The first-order chi connectivity index (χ1) is 13.5. The van der Waals surface area contributed by atoms with Crippen LogP contribution in [0.4, 0.5) is 0 Å². The van der Waals surface area contributed by atoms with E-state index >= 15 is 0 Å². The number of rotatable bonds is 7. The van der Waals surface area contributed by atoms with Crippen LogP contribution in [0.15, 0.2) is 47.6 Å². The summed E-state index contributed by atoms with van der Waals surface area (Å²) in [7, 11) is 1.63. The van der Waals surface area contributed by atoms with Crippen molar-refractivity contribution in [3.8, 4) is 11.5 Å². The summed E-state index contributed by atoms with van der Waals surface area (Å²) in [6.45, 7) is 6.58. The molecule has 0 unspecified atom stereocenters. The van der Waals surface area contributed by atoms with E-state index in [1.807, 2.05) is 37.3 Å². The number of ether oxygens (including phenoxy) is 2. The smallest absolute Gasteiger partial charge is 0.216 e. The second-order valence-electron chi connectivity index (χ2n) is 6.73. The first-order valence-electron chi connectivity index (χ1n) is 9.06. The van der Waals surface area contributed by atoms with Crippen LogP contribution in [0.2, 0.25) is 0 Å². The monoisotopic (exact) mass is 396 g/mol. The van der Waals surface area contributed by atoms with Gasteiger partial charge in [-0.1, -0.05) is 38.1 Å². The van der Waals surface area contributed by atoms with Gasteiger partial charge in [0.2, 0.25) is 4.77 Å². The Bertz CT molecular complexity index is 1040. The Balaban J connectivity index is 1.84. The lowest BCUT2D eigenvalue weighted by Crippen LogP contribution is -2.06. The second kappa shape index (κ2) is 8.84. The fourth-order valence-electron chi connectivity index (χ4n) is 2.82. The van der Waals surface area contributed by atoms with Gasteiger partial charge in [0.05, 0.1) is 13.3 Å². The number of para-hydroxylation sites is 1. The SMILES string of the molecule is COc1ccccc1/C=N\n1c(COc2cc(C)ccc2C(C)C)n[nH]c1=S. The maximum atomic E-state index is 6.07. The standard InChI is InChI=1S/C21H24N4O2S/c1-14(2)17-10-9-15(3)11-19(17)27-13-20-23-24-21(28)25(20)22-12-16-7-5-6-8-18(16)26-4/h5-12,14H,13H2,1-4H3,(H,24,28)/b22-12-. The Morgan fingerprint density at radius 1 is 1.21 bits per heavy atom. The van der Waals surface area contributed by atoms with Crippen molar-refractivity contribution >= 4 is 18.4 Å². The van der Waals surface area contributed by atoms with Gasteiger partial charge < -0.3 is 9.47 Å². The molecular formula is C21H24N4O2S. The van der Waals surface area contributed by atoms with Crippen molar-refractivity contribution in [1.29, 1.82) is 0 Å². The highest BCUT2D eigenvalue weighted by Gasteiger charge is 2.11. The molecule has 3 rings (SSSR count). The summed E-state index contributed by atoms with van der Waals surface area (Å²) >= 11 is 5.31. The third kappa shape index (κ3) is 4.48. The largest absolute Gasteiger partial charge is 0.496 e. The molecule has 1 heterocycles. The normalized spacial score (nSPS) is 11.3. The molecule has 0 fully saturated rings. The predicted molar refractivity (Wildman–Crippen MR) is 113 cm³/mol. The lowest BCUT2D eigenvalue weighted by molar-refractivity contribution is 0.286. The zero-order chi connectivity index (χ0) is 20.1. The molecule has 0 bridgehead atoms. The average molecular weight is 397 g/mol. The van der Waals surface area contributed by atoms with E-state index in [4.69, 9.17) is 21.7 Å². The molecule has 7 heteroatoms. The quantitative estimate of drug-likeness (QED) is 0.458. The van der Waals surface area contributed by atoms with Gasteiger partial charge in [-0.15, -0.1) is 0 Å². The summed E-state index contributed by atoms with van der Waals surface area (Å²) in [5, 5.41) is 11.5. The second-order valence-corrected chi connectivity index (χ2v) is 7.11. The van der Waals surface area contributed by atoms with Gasteiger partial charge in [0, 0.05) is 5.56 Å². The van der Waals surface area contributed by atoms with Crippen LogP contribution >= 0.6 is 12.2 Å². The van der Waals surface area contributed by atoms with Crippen LogP contribution in [-0.4, -0.2) is 28.2 Å². The zero-order valence-electron chi connectivity index (χ0n) is 16.5. The van der Waals surface area contributed by atoms with Crippen LogP contribution < -0.4 is 9.47 Å². The molecular weight excluding hydrogens is 372 g/mol. The van der Waals surface area contributed by atoms with Gasteiger partial charge in [-0.2, -0.15) is 14.9 Å².